The van der Waals surface area contributed by atoms with Crippen LogP contribution >= 0.6 is 11.8 Å². The molecule has 2 N–H and O–H groups in total. The molecule has 0 saturated carbocycles. The van der Waals surface area contributed by atoms with E-state index in [0.717, 1.165) is 10.5 Å². The lowest BCUT2D eigenvalue weighted by Crippen LogP contribution is -2.14. The Morgan fingerprint density at radius 1 is 0.900 bits per heavy atom. The summed E-state index contributed by atoms with van der Waals surface area (Å²) in [4.78, 5) is 25.2. The number of amides is 2. The highest BCUT2D eigenvalue weighted by atomic mass is 32.2. The van der Waals surface area contributed by atoms with E-state index in [0.29, 0.717) is 17.1 Å². The smallest absolute Gasteiger partial charge is 0.248 e. The van der Waals surface area contributed by atoms with Crippen LogP contribution in [0.15, 0.2) is 89.8 Å². The molecular formula is C24H22N2O3S. The number of methoxy groups -OCH3 is 1. The number of carbonyl (C=O) groups is 2. The fraction of sp³-hybridized carbons (Fsp3) is 0.0833. The number of anilines is 2. The van der Waals surface area contributed by atoms with Gasteiger partial charge in [0.2, 0.25) is 11.8 Å². The fourth-order valence-electron chi connectivity index (χ4n) is 2.64. The van der Waals surface area contributed by atoms with Crippen LogP contribution in [0.5, 0.6) is 5.75 Å². The Balaban J connectivity index is 1.47. The first kappa shape index (κ1) is 21.2. The van der Waals surface area contributed by atoms with Gasteiger partial charge in [0.05, 0.1) is 18.6 Å². The second-order valence-electron chi connectivity index (χ2n) is 6.29. The van der Waals surface area contributed by atoms with Crippen LogP contribution in [0.25, 0.3) is 6.08 Å². The summed E-state index contributed by atoms with van der Waals surface area (Å²) in [7, 11) is 1.57. The van der Waals surface area contributed by atoms with Crippen molar-refractivity contribution in [2.75, 3.05) is 23.5 Å². The molecule has 3 aromatic rings. The van der Waals surface area contributed by atoms with Crippen molar-refractivity contribution in [3.8, 4) is 5.75 Å². The summed E-state index contributed by atoms with van der Waals surface area (Å²) >= 11 is 1.42. The van der Waals surface area contributed by atoms with Crippen molar-refractivity contribution in [3.05, 3.63) is 90.5 Å². The summed E-state index contributed by atoms with van der Waals surface area (Å²) in [6, 6.07) is 24.3. The van der Waals surface area contributed by atoms with Gasteiger partial charge in [-0.15, -0.1) is 11.8 Å². The lowest BCUT2D eigenvalue weighted by Gasteiger charge is -2.09. The quantitative estimate of drug-likeness (QED) is 0.396. The van der Waals surface area contributed by atoms with Gasteiger partial charge >= 0.3 is 0 Å². The van der Waals surface area contributed by atoms with Gasteiger partial charge in [-0.05, 0) is 48.0 Å². The number of ether oxygens (including phenoxy) is 1. The minimum Gasteiger partial charge on any atom is -0.495 e. The van der Waals surface area contributed by atoms with Gasteiger partial charge in [0.15, 0.2) is 0 Å². The number of para-hydroxylation sites is 2. The molecule has 0 aliphatic heterocycles. The average Bonchev–Trinajstić information content (AvgIpc) is 2.78. The van der Waals surface area contributed by atoms with Crippen molar-refractivity contribution in [1.29, 1.82) is 0 Å². The largest absolute Gasteiger partial charge is 0.495 e. The predicted molar refractivity (Wildman–Crippen MR) is 123 cm³/mol. The molecule has 0 radical (unpaired) electrons. The molecule has 6 heteroatoms. The van der Waals surface area contributed by atoms with Gasteiger partial charge in [0.25, 0.3) is 0 Å². The Kier molecular flexibility index (Phi) is 7.69. The molecule has 0 spiro atoms. The number of hydrogen-bond acceptors (Lipinski definition) is 4. The first-order chi connectivity index (χ1) is 14.6. The van der Waals surface area contributed by atoms with Gasteiger partial charge in [0, 0.05) is 16.7 Å². The zero-order valence-corrected chi connectivity index (χ0v) is 17.3. The number of rotatable bonds is 8. The zero-order chi connectivity index (χ0) is 21.2. The van der Waals surface area contributed by atoms with E-state index in [2.05, 4.69) is 10.6 Å². The Bertz CT molecular complexity index is 1020. The number of thioether (sulfide) groups is 1. The van der Waals surface area contributed by atoms with Crippen LogP contribution in [0.4, 0.5) is 11.4 Å². The van der Waals surface area contributed by atoms with Gasteiger partial charge in [-0.25, -0.2) is 0 Å². The van der Waals surface area contributed by atoms with Crippen LogP contribution in [0.3, 0.4) is 0 Å². The molecule has 0 aliphatic rings. The monoisotopic (exact) mass is 418 g/mol. The van der Waals surface area contributed by atoms with E-state index in [9.17, 15) is 9.59 Å². The van der Waals surface area contributed by atoms with E-state index >= 15 is 0 Å². The molecule has 0 bridgehead atoms. The van der Waals surface area contributed by atoms with Crippen LogP contribution in [0.1, 0.15) is 5.56 Å². The zero-order valence-electron chi connectivity index (χ0n) is 16.5. The fourth-order valence-corrected chi connectivity index (χ4v) is 3.34. The van der Waals surface area contributed by atoms with Crippen molar-refractivity contribution >= 4 is 41.0 Å². The molecule has 2 amide bonds. The third-order valence-electron chi connectivity index (χ3n) is 4.10. The van der Waals surface area contributed by atoms with E-state index in [1.54, 1.807) is 25.3 Å². The normalized spacial score (nSPS) is 10.6. The Morgan fingerprint density at radius 3 is 2.33 bits per heavy atom. The van der Waals surface area contributed by atoms with Crippen molar-refractivity contribution in [3.63, 3.8) is 0 Å². The molecule has 3 rings (SSSR count). The maximum atomic E-state index is 12.2. The predicted octanol–water partition coefficient (Wildman–Crippen LogP) is 5.08. The first-order valence-electron chi connectivity index (χ1n) is 9.34. The molecule has 152 valence electrons. The van der Waals surface area contributed by atoms with Gasteiger partial charge in [-0.3, -0.25) is 9.59 Å². The van der Waals surface area contributed by atoms with Crippen LogP contribution < -0.4 is 15.4 Å². The molecule has 0 unspecified atom stereocenters. The second-order valence-corrected chi connectivity index (χ2v) is 7.34. The summed E-state index contributed by atoms with van der Waals surface area (Å²) in [6.07, 6.45) is 3.26. The highest BCUT2D eigenvalue weighted by Crippen LogP contribution is 2.24. The summed E-state index contributed by atoms with van der Waals surface area (Å²) in [6.45, 7) is 0. The third-order valence-corrected chi connectivity index (χ3v) is 5.11. The number of benzene rings is 3. The number of nitrogens with one attached hydrogen (secondary N) is 2. The molecular weight excluding hydrogens is 396 g/mol. The van der Waals surface area contributed by atoms with Gasteiger partial charge in [-0.1, -0.05) is 42.5 Å². The molecule has 30 heavy (non-hydrogen) atoms. The van der Waals surface area contributed by atoms with Crippen molar-refractivity contribution in [1.82, 2.24) is 0 Å². The molecule has 0 aromatic heterocycles. The van der Waals surface area contributed by atoms with Crippen LogP contribution in [0, 0.1) is 0 Å². The third kappa shape index (κ3) is 6.53. The lowest BCUT2D eigenvalue weighted by molar-refractivity contribution is -0.114. The molecule has 0 fully saturated rings. The van der Waals surface area contributed by atoms with E-state index < -0.39 is 0 Å². The highest BCUT2D eigenvalue weighted by molar-refractivity contribution is 8.00. The number of carbonyl (C=O) groups excluding carboxylic acids is 2. The van der Waals surface area contributed by atoms with Crippen LogP contribution in [-0.2, 0) is 9.59 Å². The molecule has 0 saturated heterocycles. The molecule has 0 heterocycles. The SMILES string of the molecule is COc1ccccc1NC(=O)CSc1ccc(NC(=O)/C=C/c2ccccc2)cc1. The Morgan fingerprint density at radius 2 is 1.60 bits per heavy atom. The summed E-state index contributed by atoms with van der Waals surface area (Å²) in [5.74, 6) is 0.574. The minimum atomic E-state index is -0.199. The van der Waals surface area contributed by atoms with Crippen molar-refractivity contribution in [2.45, 2.75) is 4.90 Å². The van der Waals surface area contributed by atoms with E-state index in [1.807, 2.05) is 66.7 Å². The molecule has 0 aliphatic carbocycles. The van der Waals surface area contributed by atoms with Crippen LogP contribution in [-0.4, -0.2) is 24.7 Å². The van der Waals surface area contributed by atoms with Gasteiger partial charge in [0.1, 0.15) is 5.75 Å². The van der Waals surface area contributed by atoms with Crippen molar-refractivity contribution in [2.24, 2.45) is 0 Å². The topological polar surface area (TPSA) is 67.4 Å². The summed E-state index contributed by atoms with van der Waals surface area (Å²) in [5.41, 5.74) is 2.30. The minimum absolute atomic E-state index is 0.118. The van der Waals surface area contributed by atoms with E-state index in [1.165, 1.54) is 17.8 Å². The first-order valence-corrected chi connectivity index (χ1v) is 10.3. The van der Waals surface area contributed by atoms with Crippen LogP contribution in [0.2, 0.25) is 0 Å². The van der Waals surface area contributed by atoms with E-state index in [4.69, 9.17) is 4.74 Å². The standard InChI is InChI=1S/C24H22N2O3S/c1-29-22-10-6-5-9-21(22)26-24(28)17-30-20-14-12-19(13-15-20)25-23(27)16-11-18-7-3-2-4-8-18/h2-16H,17H2,1H3,(H,25,27)(H,26,28)/b16-11+. The molecule has 0 atom stereocenters. The van der Waals surface area contributed by atoms with Gasteiger partial charge in [-0.2, -0.15) is 0 Å². The number of hydrogen-bond donors (Lipinski definition) is 2. The average molecular weight is 419 g/mol. The lowest BCUT2D eigenvalue weighted by atomic mass is 10.2. The van der Waals surface area contributed by atoms with E-state index in [-0.39, 0.29) is 17.6 Å². The molecule has 5 nitrogen and oxygen atoms in total. The second kappa shape index (κ2) is 10.9. The molecule has 3 aromatic carbocycles. The Labute approximate surface area is 180 Å². The highest BCUT2D eigenvalue weighted by Gasteiger charge is 2.08. The summed E-state index contributed by atoms with van der Waals surface area (Å²) < 4.78 is 5.24. The van der Waals surface area contributed by atoms with Crippen molar-refractivity contribution < 1.29 is 14.3 Å². The van der Waals surface area contributed by atoms with Gasteiger partial charge < -0.3 is 15.4 Å². The summed E-state index contributed by atoms with van der Waals surface area (Å²) in [5, 5.41) is 5.67. The maximum Gasteiger partial charge on any atom is 0.248 e. The maximum absolute atomic E-state index is 12.2. The Hall–Kier alpha value is -3.51.